The number of carboxylic acids is 1. The van der Waals surface area contributed by atoms with E-state index >= 15 is 0 Å². The summed E-state index contributed by atoms with van der Waals surface area (Å²) in [5, 5.41) is 26.8. The van der Waals surface area contributed by atoms with Crippen LogP contribution < -0.4 is 33.2 Å². The molecule has 0 saturated carbocycles. The standard InChI is InChI=1S/C29H40N6O7/c30-15-5-4-8-22(27(39)35-24(29(41)42)17-18-6-2-1-3-7-18)34-28(40)23(13-14-25(32)37)33-26(38)21(31)16-19-9-11-20(36)12-10-19/h1-3,6-7,9-12,21-24,36H,4-5,8,13-17,30-31H2,(H2,32,37)(H,33,38)(H,34,40)(H,35,39)(H,41,42). The Balaban J connectivity index is 2.15. The van der Waals surface area contributed by atoms with Gasteiger partial charge >= 0.3 is 5.97 Å². The zero-order valence-corrected chi connectivity index (χ0v) is 23.3. The van der Waals surface area contributed by atoms with Gasteiger partial charge in [-0.05, 0) is 61.9 Å². The molecule has 2 aromatic rings. The summed E-state index contributed by atoms with van der Waals surface area (Å²) < 4.78 is 0. The molecule has 0 heterocycles. The Hall–Kier alpha value is -4.49. The summed E-state index contributed by atoms with van der Waals surface area (Å²) in [6.45, 7) is 0.351. The number of phenolic OH excluding ortho intramolecular Hbond substituents is 1. The Labute approximate surface area is 244 Å². The van der Waals surface area contributed by atoms with Crippen LogP contribution in [0.1, 0.15) is 43.2 Å². The zero-order chi connectivity index (χ0) is 31.1. The molecule has 0 saturated heterocycles. The number of amides is 4. The lowest BCUT2D eigenvalue weighted by Crippen LogP contribution is -2.57. The number of carboxylic acid groups (broad SMARTS) is 1. The lowest BCUT2D eigenvalue weighted by atomic mass is 10.0. The highest BCUT2D eigenvalue weighted by atomic mass is 16.4. The van der Waals surface area contributed by atoms with Crippen molar-refractivity contribution in [2.24, 2.45) is 17.2 Å². The van der Waals surface area contributed by atoms with Gasteiger partial charge in [0.15, 0.2) is 0 Å². The van der Waals surface area contributed by atoms with Crippen LogP contribution in [0.5, 0.6) is 5.75 Å². The number of carbonyl (C=O) groups is 5. The summed E-state index contributed by atoms with van der Waals surface area (Å²) in [7, 11) is 0. The number of carbonyl (C=O) groups excluding carboxylic acids is 4. The van der Waals surface area contributed by atoms with Crippen LogP contribution in [0, 0.1) is 0 Å². The van der Waals surface area contributed by atoms with Crippen LogP contribution >= 0.6 is 0 Å². The summed E-state index contributed by atoms with van der Waals surface area (Å²) in [6, 6.07) is 10.2. The summed E-state index contributed by atoms with van der Waals surface area (Å²) in [5.41, 5.74) is 18.3. The fourth-order valence-electron chi connectivity index (χ4n) is 4.17. The van der Waals surface area contributed by atoms with Crippen molar-refractivity contribution in [1.82, 2.24) is 16.0 Å². The van der Waals surface area contributed by atoms with Gasteiger partial charge in [-0.15, -0.1) is 0 Å². The number of rotatable bonds is 18. The number of nitrogens with two attached hydrogens (primary N) is 3. The van der Waals surface area contributed by atoms with Crippen LogP contribution in [0.3, 0.4) is 0 Å². The summed E-state index contributed by atoms with van der Waals surface area (Å²) in [4.78, 5) is 62.7. The van der Waals surface area contributed by atoms with E-state index in [1.54, 1.807) is 42.5 Å². The topological polar surface area (TPSA) is 240 Å². The predicted molar refractivity (Wildman–Crippen MR) is 155 cm³/mol. The Bertz CT molecular complexity index is 1190. The lowest BCUT2D eigenvalue weighted by molar-refractivity contribution is -0.142. The number of nitrogens with one attached hydrogen (secondary N) is 3. The van der Waals surface area contributed by atoms with E-state index in [4.69, 9.17) is 17.2 Å². The summed E-state index contributed by atoms with van der Waals surface area (Å²) in [6.07, 6.45) is 0.930. The molecule has 0 aliphatic carbocycles. The van der Waals surface area contributed by atoms with Gasteiger partial charge in [-0.1, -0.05) is 42.5 Å². The zero-order valence-electron chi connectivity index (χ0n) is 23.3. The van der Waals surface area contributed by atoms with E-state index in [2.05, 4.69) is 16.0 Å². The van der Waals surface area contributed by atoms with Gasteiger partial charge in [0.05, 0.1) is 6.04 Å². The first-order valence-corrected chi connectivity index (χ1v) is 13.7. The Morgan fingerprint density at radius 2 is 1.26 bits per heavy atom. The van der Waals surface area contributed by atoms with Gasteiger partial charge in [-0.25, -0.2) is 4.79 Å². The van der Waals surface area contributed by atoms with Gasteiger partial charge in [0.25, 0.3) is 0 Å². The van der Waals surface area contributed by atoms with Crippen molar-refractivity contribution < 1.29 is 34.2 Å². The largest absolute Gasteiger partial charge is 0.508 e. The normalized spacial score (nSPS) is 13.7. The molecule has 0 spiro atoms. The van der Waals surface area contributed by atoms with E-state index < -0.39 is 53.8 Å². The highest BCUT2D eigenvalue weighted by Crippen LogP contribution is 2.12. The van der Waals surface area contributed by atoms with Crippen molar-refractivity contribution in [2.45, 2.75) is 69.1 Å². The monoisotopic (exact) mass is 584 g/mol. The van der Waals surface area contributed by atoms with Crippen LogP contribution in [0.4, 0.5) is 0 Å². The van der Waals surface area contributed by atoms with E-state index in [9.17, 15) is 34.2 Å². The van der Waals surface area contributed by atoms with Crippen molar-refractivity contribution in [3.63, 3.8) is 0 Å². The Kier molecular flexibility index (Phi) is 13.9. The van der Waals surface area contributed by atoms with E-state index in [0.29, 0.717) is 30.5 Å². The predicted octanol–water partition coefficient (Wildman–Crippen LogP) is -0.562. The molecule has 0 aliphatic heterocycles. The molecule has 0 aliphatic rings. The second kappa shape index (κ2) is 17.4. The van der Waals surface area contributed by atoms with Crippen LogP contribution in [-0.2, 0) is 36.8 Å². The first kappa shape index (κ1) is 33.7. The molecule has 228 valence electrons. The third kappa shape index (κ3) is 11.9. The number of benzene rings is 2. The minimum atomic E-state index is -1.25. The highest BCUT2D eigenvalue weighted by Gasteiger charge is 2.30. The summed E-state index contributed by atoms with van der Waals surface area (Å²) >= 11 is 0. The first-order valence-electron chi connectivity index (χ1n) is 13.7. The van der Waals surface area contributed by atoms with Gasteiger partial charge in [0.2, 0.25) is 23.6 Å². The second-order valence-electron chi connectivity index (χ2n) is 9.98. The van der Waals surface area contributed by atoms with Gasteiger partial charge < -0.3 is 43.4 Å². The number of primary amides is 1. The fraction of sp³-hybridized carbons (Fsp3) is 0.414. The molecule has 42 heavy (non-hydrogen) atoms. The third-order valence-corrected chi connectivity index (χ3v) is 6.52. The highest BCUT2D eigenvalue weighted by molar-refractivity contribution is 5.94. The number of hydrogen-bond donors (Lipinski definition) is 8. The Morgan fingerprint density at radius 1 is 0.714 bits per heavy atom. The summed E-state index contributed by atoms with van der Waals surface area (Å²) in [5.74, 6) is -4.03. The molecule has 2 rings (SSSR count). The molecule has 4 atom stereocenters. The maximum Gasteiger partial charge on any atom is 0.326 e. The second-order valence-corrected chi connectivity index (χ2v) is 9.98. The fourth-order valence-corrected chi connectivity index (χ4v) is 4.17. The van der Waals surface area contributed by atoms with Gasteiger partial charge in [-0.3, -0.25) is 19.2 Å². The maximum absolute atomic E-state index is 13.3. The van der Waals surface area contributed by atoms with Crippen molar-refractivity contribution in [3.05, 3.63) is 65.7 Å². The average molecular weight is 585 g/mol. The SMILES string of the molecule is NCCCCC(NC(=O)C(CCC(N)=O)NC(=O)C(N)Cc1ccc(O)cc1)C(=O)NC(Cc1ccccc1)C(=O)O. The number of hydrogen-bond acceptors (Lipinski definition) is 8. The minimum Gasteiger partial charge on any atom is -0.508 e. The van der Waals surface area contributed by atoms with Crippen LogP contribution in [0.25, 0.3) is 0 Å². The molecule has 0 radical (unpaired) electrons. The molecular formula is C29H40N6O7. The molecule has 13 heteroatoms. The molecule has 4 unspecified atom stereocenters. The minimum absolute atomic E-state index is 0.0294. The van der Waals surface area contributed by atoms with Crippen molar-refractivity contribution in [1.29, 1.82) is 0 Å². The molecule has 0 bridgehead atoms. The number of phenols is 1. The van der Waals surface area contributed by atoms with E-state index in [0.717, 1.165) is 0 Å². The quantitative estimate of drug-likeness (QED) is 0.105. The molecule has 13 nitrogen and oxygen atoms in total. The number of aliphatic carboxylic acids is 1. The molecule has 11 N–H and O–H groups in total. The van der Waals surface area contributed by atoms with Gasteiger partial charge in [0.1, 0.15) is 23.9 Å². The van der Waals surface area contributed by atoms with Crippen LogP contribution in [-0.4, -0.2) is 70.5 Å². The number of aromatic hydroxyl groups is 1. The smallest absolute Gasteiger partial charge is 0.326 e. The van der Waals surface area contributed by atoms with Crippen LogP contribution in [0.2, 0.25) is 0 Å². The molecular weight excluding hydrogens is 544 g/mol. The molecule has 0 fully saturated rings. The van der Waals surface area contributed by atoms with Crippen molar-refractivity contribution >= 4 is 29.6 Å². The van der Waals surface area contributed by atoms with E-state index in [-0.39, 0.29) is 37.9 Å². The van der Waals surface area contributed by atoms with Gasteiger partial charge in [-0.2, -0.15) is 0 Å². The van der Waals surface area contributed by atoms with E-state index in [1.165, 1.54) is 12.1 Å². The average Bonchev–Trinajstić information content (AvgIpc) is 2.95. The molecule has 4 amide bonds. The van der Waals surface area contributed by atoms with Crippen LogP contribution in [0.15, 0.2) is 54.6 Å². The first-order chi connectivity index (χ1) is 20.0. The van der Waals surface area contributed by atoms with Crippen molar-refractivity contribution in [3.8, 4) is 5.75 Å². The maximum atomic E-state index is 13.3. The number of unbranched alkanes of at least 4 members (excludes halogenated alkanes) is 1. The van der Waals surface area contributed by atoms with Gasteiger partial charge in [0, 0.05) is 12.8 Å². The Morgan fingerprint density at radius 3 is 1.83 bits per heavy atom. The van der Waals surface area contributed by atoms with E-state index in [1.807, 2.05) is 0 Å². The molecule has 2 aromatic carbocycles. The molecule has 0 aromatic heterocycles. The van der Waals surface area contributed by atoms with Crippen molar-refractivity contribution in [2.75, 3.05) is 6.54 Å². The lowest BCUT2D eigenvalue weighted by Gasteiger charge is -2.25. The third-order valence-electron chi connectivity index (χ3n) is 6.52.